The maximum atomic E-state index is 13.8. The number of carbonyl (C=O) groups excluding carboxylic acids is 2. The van der Waals surface area contributed by atoms with Gasteiger partial charge in [0.1, 0.15) is 5.82 Å². The minimum absolute atomic E-state index is 0.195. The van der Waals surface area contributed by atoms with Crippen molar-refractivity contribution >= 4 is 23.2 Å². The van der Waals surface area contributed by atoms with E-state index in [1.54, 1.807) is 54.6 Å². The molecule has 1 saturated heterocycles. The molecule has 0 N–H and O–H groups in total. The fourth-order valence-electron chi connectivity index (χ4n) is 5.11. The van der Waals surface area contributed by atoms with E-state index in [1.165, 1.54) is 6.07 Å². The first-order chi connectivity index (χ1) is 15.9. The minimum Gasteiger partial charge on any atom is -0.297 e. The Labute approximate surface area is 197 Å². The molecule has 0 radical (unpaired) electrons. The van der Waals surface area contributed by atoms with E-state index in [1.807, 2.05) is 17.9 Å². The molecule has 1 fully saturated rings. The average molecular weight is 463 g/mol. The van der Waals surface area contributed by atoms with Crippen LogP contribution in [-0.2, 0) is 12.1 Å². The number of fused-ring (bicyclic) bond motifs is 1. The van der Waals surface area contributed by atoms with E-state index in [-0.39, 0.29) is 17.4 Å². The van der Waals surface area contributed by atoms with Gasteiger partial charge >= 0.3 is 0 Å². The molecule has 3 aromatic rings. The molecule has 0 saturated carbocycles. The van der Waals surface area contributed by atoms with Crippen LogP contribution >= 0.6 is 11.6 Å². The van der Waals surface area contributed by atoms with Gasteiger partial charge in [-0.25, -0.2) is 4.39 Å². The van der Waals surface area contributed by atoms with Crippen LogP contribution in [0.5, 0.6) is 0 Å². The number of hydrogen-bond donors (Lipinski definition) is 0. The van der Waals surface area contributed by atoms with E-state index >= 15 is 0 Å². The van der Waals surface area contributed by atoms with Gasteiger partial charge in [0, 0.05) is 48.9 Å². The number of ketones is 2. The van der Waals surface area contributed by atoms with Crippen molar-refractivity contribution < 1.29 is 14.0 Å². The van der Waals surface area contributed by atoms with E-state index in [0.29, 0.717) is 54.4 Å². The summed E-state index contributed by atoms with van der Waals surface area (Å²) >= 11 is 6.29. The molecule has 0 amide bonds. The lowest BCUT2D eigenvalue weighted by Gasteiger charge is -2.44. The third kappa shape index (κ3) is 3.61. The summed E-state index contributed by atoms with van der Waals surface area (Å²) in [5.41, 5.74) is 2.12. The lowest BCUT2D eigenvalue weighted by atomic mass is 9.82. The van der Waals surface area contributed by atoms with Gasteiger partial charge in [-0.2, -0.15) is 0 Å². The van der Waals surface area contributed by atoms with Crippen molar-refractivity contribution in [3.8, 4) is 0 Å². The number of nitrogens with zero attached hydrogens (tertiary/aromatic N) is 2. The van der Waals surface area contributed by atoms with E-state index in [2.05, 4.69) is 4.90 Å². The lowest BCUT2D eigenvalue weighted by Crippen LogP contribution is -2.60. The number of piperazine rings is 1. The van der Waals surface area contributed by atoms with Gasteiger partial charge in [0.2, 0.25) is 0 Å². The Balaban J connectivity index is 1.47. The van der Waals surface area contributed by atoms with Gasteiger partial charge < -0.3 is 0 Å². The van der Waals surface area contributed by atoms with E-state index in [4.69, 9.17) is 11.6 Å². The molecule has 6 heteroatoms. The Hall–Kier alpha value is -2.86. The molecule has 4 nitrogen and oxygen atoms in total. The number of hydrogen-bond acceptors (Lipinski definition) is 4. The largest absolute Gasteiger partial charge is 0.297 e. The quantitative estimate of drug-likeness (QED) is 0.518. The molecule has 5 rings (SSSR count). The summed E-state index contributed by atoms with van der Waals surface area (Å²) in [5.74, 6) is -0.631. The Morgan fingerprint density at radius 2 is 1.55 bits per heavy atom. The molecule has 2 aliphatic rings. The highest BCUT2D eigenvalue weighted by atomic mass is 35.5. The zero-order valence-electron chi connectivity index (χ0n) is 18.4. The molecule has 168 valence electrons. The Bertz CT molecular complexity index is 1220. The second-order valence-corrected chi connectivity index (χ2v) is 9.20. The molecule has 1 aliphatic heterocycles. The first-order valence-electron chi connectivity index (χ1n) is 11.1. The molecule has 0 bridgehead atoms. The van der Waals surface area contributed by atoms with Crippen molar-refractivity contribution in [3.63, 3.8) is 0 Å². The topological polar surface area (TPSA) is 40.6 Å². The molecule has 0 atom stereocenters. The molecule has 33 heavy (non-hydrogen) atoms. The second kappa shape index (κ2) is 8.49. The van der Waals surface area contributed by atoms with Crippen LogP contribution in [0.4, 0.5) is 4.39 Å². The first kappa shape index (κ1) is 22.0. The van der Waals surface area contributed by atoms with E-state index < -0.39 is 5.54 Å². The third-order valence-electron chi connectivity index (χ3n) is 6.87. The summed E-state index contributed by atoms with van der Waals surface area (Å²) in [5, 5.41) is 0.489. The van der Waals surface area contributed by atoms with E-state index in [0.717, 1.165) is 11.1 Å². The van der Waals surface area contributed by atoms with Crippen molar-refractivity contribution in [2.75, 3.05) is 26.2 Å². The standard InChI is InChI=1S/C27H24ClFN2O2/c1-18-9-10-22(29)15-19(18)17-30-11-13-31(14-12-30)27(20-5-4-6-21(28)16-20)25(32)23-7-2-3-8-24(23)26(27)33/h2-10,15-16H,11-14,17H2,1H3. The maximum absolute atomic E-state index is 13.8. The highest BCUT2D eigenvalue weighted by Gasteiger charge is 2.58. The molecular weight excluding hydrogens is 439 g/mol. The molecule has 1 heterocycles. The second-order valence-electron chi connectivity index (χ2n) is 8.76. The number of carbonyl (C=O) groups is 2. The fourth-order valence-corrected chi connectivity index (χ4v) is 5.30. The zero-order valence-corrected chi connectivity index (χ0v) is 19.1. The number of rotatable bonds is 4. The first-order valence-corrected chi connectivity index (χ1v) is 11.5. The lowest BCUT2D eigenvalue weighted by molar-refractivity contribution is 0.0279. The fraction of sp³-hybridized carbons (Fsp3) is 0.259. The van der Waals surface area contributed by atoms with Crippen molar-refractivity contribution in [2.24, 2.45) is 0 Å². The van der Waals surface area contributed by atoms with Gasteiger partial charge in [0.25, 0.3) is 0 Å². The van der Waals surface area contributed by atoms with Gasteiger partial charge in [0.15, 0.2) is 17.1 Å². The van der Waals surface area contributed by atoms with Gasteiger partial charge in [0.05, 0.1) is 0 Å². The van der Waals surface area contributed by atoms with Crippen LogP contribution < -0.4 is 0 Å². The summed E-state index contributed by atoms with van der Waals surface area (Å²) in [4.78, 5) is 31.9. The highest BCUT2D eigenvalue weighted by molar-refractivity contribution is 6.34. The summed E-state index contributed by atoms with van der Waals surface area (Å²) in [6.07, 6.45) is 0. The smallest absolute Gasteiger partial charge is 0.196 e. The molecular formula is C27H24ClFN2O2. The summed E-state index contributed by atoms with van der Waals surface area (Å²) < 4.78 is 13.7. The summed E-state index contributed by atoms with van der Waals surface area (Å²) in [6, 6.07) is 18.9. The van der Waals surface area contributed by atoms with Crippen molar-refractivity contribution in [1.29, 1.82) is 0 Å². The summed E-state index contributed by atoms with van der Waals surface area (Å²) in [6.45, 7) is 5.00. The molecule has 0 spiro atoms. The predicted octanol–water partition coefficient (Wildman–Crippen LogP) is 4.88. The predicted molar refractivity (Wildman–Crippen MR) is 126 cm³/mol. The highest BCUT2D eigenvalue weighted by Crippen LogP contribution is 2.43. The molecule has 3 aromatic carbocycles. The van der Waals surface area contributed by atoms with Crippen molar-refractivity contribution in [1.82, 2.24) is 9.80 Å². The normalized spacial score (nSPS) is 18.5. The summed E-state index contributed by atoms with van der Waals surface area (Å²) in [7, 11) is 0. The maximum Gasteiger partial charge on any atom is 0.196 e. The van der Waals surface area contributed by atoms with Crippen LogP contribution in [0.25, 0.3) is 0 Å². The third-order valence-corrected chi connectivity index (χ3v) is 7.10. The van der Waals surface area contributed by atoms with Crippen LogP contribution in [0.2, 0.25) is 5.02 Å². The van der Waals surface area contributed by atoms with Gasteiger partial charge in [-0.3, -0.25) is 19.4 Å². The Morgan fingerprint density at radius 3 is 2.18 bits per heavy atom. The van der Waals surface area contributed by atoms with Crippen LogP contribution in [-0.4, -0.2) is 47.5 Å². The van der Waals surface area contributed by atoms with Crippen LogP contribution in [0.1, 0.15) is 37.4 Å². The number of halogens is 2. The van der Waals surface area contributed by atoms with Crippen LogP contribution in [0, 0.1) is 12.7 Å². The van der Waals surface area contributed by atoms with Gasteiger partial charge in [-0.1, -0.05) is 54.1 Å². The van der Waals surface area contributed by atoms with Crippen molar-refractivity contribution in [2.45, 2.75) is 19.0 Å². The minimum atomic E-state index is -1.41. The van der Waals surface area contributed by atoms with Crippen LogP contribution in [0.3, 0.4) is 0 Å². The Morgan fingerprint density at radius 1 is 0.879 bits per heavy atom. The average Bonchev–Trinajstić information content (AvgIpc) is 3.05. The SMILES string of the molecule is Cc1ccc(F)cc1CN1CCN(C2(c3cccc(Cl)c3)C(=O)c3ccccc3C2=O)CC1. The Kier molecular flexibility index (Phi) is 5.65. The van der Waals surface area contributed by atoms with Gasteiger partial charge in [-0.15, -0.1) is 0 Å². The van der Waals surface area contributed by atoms with Crippen molar-refractivity contribution in [3.05, 3.63) is 105 Å². The van der Waals surface area contributed by atoms with E-state index in [9.17, 15) is 14.0 Å². The monoisotopic (exact) mass is 462 g/mol. The number of Topliss-reactive ketones (excluding diaryl/α,β-unsaturated/α-hetero) is 2. The zero-order chi connectivity index (χ0) is 23.2. The number of aryl methyl sites for hydroxylation is 1. The molecule has 1 aliphatic carbocycles. The van der Waals surface area contributed by atoms with Gasteiger partial charge in [-0.05, 0) is 47.9 Å². The number of benzene rings is 3. The van der Waals surface area contributed by atoms with Crippen LogP contribution in [0.15, 0.2) is 66.7 Å². The molecule has 0 unspecified atom stereocenters. The molecule has 0 aromatic heterocycles.